The maximum Gasteiger partial charge on any atom is 0.293 e. The summed E-state index contributed by atoms with van der Waals surface area (Å²) in [5.74, 6) is -0.555. The molecule has 3 aromatic carbocycles. The summed E-state index contributed by atoms with van der Waals surface area (Å²) >= 11 is 0. The van der Waals surface area contributed by atoms with Gasteiger partial charge in [0.05, 0.1) is 17.5 Å². The topological polar surface area (TPSA) is 90.6 Å². The van der Waals surface area contributed by atoms with Gasteiger partial charge in [-0.05, 0) is 41.0 Å². The number of aliphatic hydroxyl groups is 1. The van der Waals surface area contributed by atoms with Crippen LogP contribution in [0.4, 0.5) is 0 Å². The van der Waals surface area contributed by atoms with Crippen molar-refractivity contribution in [3.05, 3.63) is 89.4 Å². The Bertz CT molecular complexity index is 1290. The summed E-state index contributed by atoms with van der Waals surface area (Å²) in [6.45, 7) is 1.89. The molecule has 1 N–H and O–H groups in total. The van der Waals surface area contributed by atoms with E-state index in [-0.39, 0.29) is 23.6 Å². The monoisotopic (exact) mass is 420 g/mol. The van der Waals surface area contributed by atoms with Crippen LogP contribution in [0.2, 0.25) is 0 Å². The molecule has 7 heteroatoms. The van der Waals surface area contributed by atoms with Gasteiger partial charge in [0.25, 0.3) is 5.95 Å². The van der Waals surface area contributed by atoms with Crippen molar-refractivity contribution in [3.63, 3.8) is 0 Å². The average molecular weight is 420 g/mol. The van der Waals surface area contributed by atoms with Gasteiger partial charge in [0.15, 0.2) is 0 Å². The fraction of sp³-hybridized carbons (Fsp3) is 0.174. The maximum absolute atomic E-state index is 13.3. The van der Waals surface area contributed by atoms with Gasteiger partial charge in [0.1, 0.15) is 11.6 Å². The van der Waals surface area contributed by atoms with Crippen LogP contribution in [0.3, 0.4) is 0 Å². The minimum atomic E-state index is -3.87. The lowest BCUT2D eigenvalue weighted by Gasteiger charge is -2.23. The quantitative estimate of drug-likeness (QED) is 0.488. The van der Waals surface area contributed by atoms with Crippen molar-refractivity contribution in [1.29, 1.82) is 5.26 Å². The predicted octanol–water partition coefficient (Wildman–Crippen LogP) is 4.42. The highest BCUT2D eigenvalue weighted by atomic mass is 32.2. The molecule has 152 valence electrons. The van der Waals surface area contributed by atoms with Gasteiger partial charge in [-0.3, -0.25) is 0 Å². The Hall–Kier alpha value is -3.34. The number of benzene rings is 3. The molecule has 0 spiro atoms. The lowest BCUT2D eigenvalue weighted by Crippen LogP contribution is -2.29. The van der Waals surface area contributed by atoms with Crippen LogP contribution in [0.15, 0.2) is 83.1 Å². The number of hydrogen-bond donors (Lipinski definition) is 1. The van der Waals surface area contributed by atoms with Crippen LogP contribution >= 0.6 is 0 Å². The van der Waals surface area contributed by atoms with Gasteiger partial charge in [0.2, 0.25) is 10.0 Å². The molecule has 0 aliphatic carbocycles. The molecule has 1 unspecified atom stereocenters. The van der Waals surface area contributed by atoms with Gasteiger partial charge >= 0.3 is 0 Å². The smallest absolute Gasteiger partial charge is 0.293 e. The summed E-state index contributed by atoms with van der Waals surface area (Å²) in [6, 6.07) is 21.1. The Morgan fingerprint density at radius 1 is 1.10 bits per heavy atom. The van der Waals surface area contributed by atoms with Gasteiger partial charge < -0.3 is 9.84 Å². The molecular weight excluding hydrogens is 400 g/mol. The predicted molar refractivity (Wildman–Crippen MR) is 113 cm³/mol. The lowest BCUT2D eigenvalue weighted by atomic mass is 9.99. The molecule has 0 radical (unpaired) electrons. The van der Waals surface area contributed by atoms with E-state index in [1.807, 2.05) is 48.5 Å². The Morgan fingerprint density at radius 3 is 2.53 bits per heavy atom. The van der Waals surface area contributed by atoms with Gasteiger partial charge in [-0.1, -0.05) is 54.6 Å². The standard InChI is InChI=1S/C23H20N2O4S/c1-2-29-23(26)20(14-24)22-19-9-5-6-10-21(19)30(27,28)25(22)15-16-11-12-17-7-3-4-8-18(17)13-16/h3-13,22,26H,2,15H2,1H3/b23-20-. The Morgan fingerprint density at radius 2 is 1.80 bits per heavy atom. The number of sulfonamides is 1. The second-order valence-corrected chi connectivity index (χ2v) is 8.79. The van der Waals surface area contributed by atoms with E-state index in [0.29, 0.717) is 5.56 Å². The van der Waals surface area contributed by atoms with Crippen LogP contribution in [-0.2, 0) is 21.3 Å². The lowest BCUT2D eigenvalue weighted by molar-refractivity contribution is 0.0952. The first kappa shape index (κ1) is 20.0. The highest BCUT2D eigenvalue weighted by Crippen LogP contribution is 2.44. The SMILES string of the molecule is CCO/C(O)=C(/C#N)C1c2ccccc2S(=O)(=O)N1Cc1ccc2ccccc2c1. The summed E-state index contributed by atoms with van der Waals surface area (Å²) in [4.78, 5) is 0.132. The van der Waals surface area contributed by atoms with E-state index >= 15 is 0 Å². The molecule has 0 saturated carbocycles. The van der Waals surface area contributed by atoms with Crippen LogP contribution in [0.25, 0.3) is 10.8 Å². The molecular formula is C23H20N2O4S. The molecule has 0 aromatic heterocycles. The minimum absolute atomic E-state index is 0.0527. The number of ether oxygens (including phenoxy) is 1. The van der Waals surface area contributed by atoms with Crippen molar-refractivity contribution < 1.29 is 18.3 Å². The van der Waals surface area contributed by atoms with Crippen molar-refractivity contribution >= 4 is 20.8 Å². The van der Waals surface area contributed by atoms with Crippen molar-refractivity contribution in [2.75, 3.05) is 6.61 Å². The number of nitrogens with zero attached hydrogens (tertiary/aromatic N) is 2. The zero-order chi connectivity index (χ0) is 21.3. The summed E-state index contributed by atoms with van der Waals surface area (Å²) in [5.41, 5.74) is 1.09. The van der Waals surface area contributed by atoms with Crippen LogP contribution in [0.5, 0.6) is 0 Å². The van der Waals surface area contributed by atoms with Crippen molar-refractivity contribution in [3.8, 4) is 6.07 Å². The number of rotatable bonds is 5. The molecule has 0 amide bonds. The molecule has 4 rings (SSSR count). The molecule has 1 heterocycles. The third kappa shape index (κ3) is 3.30. The average Bonchev–Trinajstić information content (AvgIpc) is 2.96. The third-order valence-electron chi connectivity index (χ3n) is 5.15. The molecule has 0 fully saturated rings. The molecule has 3 aromatic rings. The van der Waals surface area contributed by atoms with Crippen molar-refractivity contribution in [2.24, 2.45) is 0 Å². The van der Waals surface area contributed by atoms with Gasteiger partial charge in [-0.25, -0.2) is 8.42 Å². The molecule has 1 aliphatic rings. The Labute approximate surface area is 175 Å². The molecule has 6 nitrogen and oxygen atoms in total. The number of fused-ring (bicyclic) bond motifs is 2. The summed E-state index contributed by atoms with van der Waals surface area (Å²) in [7, 11) is -3.87. The van der Waals surface area contributed by atoms with E-state index in [0.717, 1.165) is 16.3 Å². The normalized spacial score (nSPS) is 18.5. The first-order valence-electron chi connectivity index (χ1n) is 9.52. The van der Waals surface area contributed by atoms with E-state index < -0.39 is 22.0 Å². The zero-order valence-electron chi connectivity index (χ0n) is 16.3. The molecule has 0 bridgehead atoms. The van der Waals surface area contributed by atoms with Crippen molar-refractivity contribution in [1.82, 2.24) is 4.31 Å². The third-order valence-corrected chi connectivity index (χ3v) is 7.03. The van der Waals surface area contributed by atoms with Gasteiger partial charge in [-0.2, -0.15) is 9.57 Å². The van der Waals surface area contributed by atoms with Gasteiger partial charge in [0, 0.05) is 6.54 Å². The first-order valence-corrected chi connectivity index (χ1v) is 11.0. The first-order chi connectivity index (χ1) is 14.5. The van der Waals surface area contributed by atoms with E-state index in [1.165, 1.54) is 10.4 Å². The fourth-order valence-corrected chi connectivity index (χ4v) is 5.59. The van der Waals surface area contributed by atoms with Gasteiger partial charge in [-0.15, -0.1) is 0 Å². The van der Waals surface area contributed by atoms with E-state index in [4.69, 9.17) is 4.74 Å². The van der Waals surface area contributed by atoms with Crippen LogP contribution in [-0.4, -0.2) is 24.4 Å². The molecule has 1 atom stereocenters. The minimum Gasteiger partial charge on any atom is -0.480 e. The highest BCUT2D eigenvalue weighted by Gasteiger charge is 2.45. The summed E-state index contributed by atoms with van der Waals surface area (Å²) < 4.78 is 33.1. The number of nitriles is 1. The van der Waals surface area contributed by atoms with Crippen LogP contribution < -0.4 is 0 Å². The molecule has 0 saturated heterocycles. The van der Waals surface area contributed by atoms with Crippen LogP contribution in [0, 0.1) is 11.3 Å². The summed E-state index contributed by atoms with van der Waals surface area (Å²) in [6.07, 6.45) is 0. The molecule has 1 aliphatic heterocycles. The largest absolute Gasteiger partial charge is 0.480 e. The van der Waals surface area contributed by atoms with Crippen molar-refractivity contribution in [2.45, 2.75) is 24.4 Å². The number of hydrogen-bond acceptors (Lipinski definition) is 5. The number of aliphatic hydroxyl groups excluding tert-OH is 1. The second-order valence-electron chi connectivity index (χ2n) is 6.94. The maximum atomic E-state index is 13.3. The fourth-order valence-electron chi connectivity index (χ4n) is 3.79. The highest BCUT2D eigenvalue weighted by molar-refractivity contribution is 7.89. The molecule has 30 heavy (non-hydrogen) atoms. The van der Waals surface area contributed by atoms with E-state index in [2.05, 4.69) is 0 Å². The van der Waals surface area contributed by atoms with E-state index in [1.54, 1.807) is 25.1 Å². The second kappa shape index (κ2) is 7.82. The summed E-state index contributed by atoms with van der Waals surface area (Å²) in [5, 5.41) is 22.1. The Balaban J connectivity index is 1.85. The Kier molecular flexibility index (Phi) is 5.20. The zero-order valence-corrected chi connectivity index (χ0v) is 17.1. The van der Waals surface area contributed by atoms with Crippen LogP contribution in [0.1, 0.15) is 24.1 Å². The van der Waals surface area contributed by atoms with E-state index in [9.17, 15) is 18.8 Å².